The number of carbonyl (C=O) groups excluding carboxylic acids is 1. The second-order valence-corrected chi connectivity index (χ2v) is 5.73. The molecule has 0 aliphatic carbocycles. The zero-order valence-corrected chi connectivity index (χ0v) is 15.6. The summed E-state index contributed by atoms with van der Waals surface area (Å²) in [4.78, 5) is 14.3. The molecule has 7 heteroatoms. The quantitative estimate of drug-likeness (QED) is 0.681. The maximum Gasteiger partial charge on any atom is 0.221 e. The van der Waals surface area contributed by atoms with Crippen molar-refractivity contribution in [2.24, 2.45) is 5.73 Å². The van der Waals surface area contributed by atoms with E-state index in [0.29, 0.717) is 6.42 Å². The minimum absolute atomic E-state index is 0. The first-order valence-corrected chi connectivity index (χ1v) is 8.13. The van der Waals surface area contributed by atoms with Crippen LogP contribution < -0.4 is 11.1 Å². The summed E-state index contributed by atoms with van der Waals surface area (Å²) in [6.07, 6.45) is 2.45. The maximum atomic E-state index is 11.9. The van der Waals surface area contributed by atoms with Gasteiger partial charge in [-0.1, -0.05) is 30.3 Å². The van der Waals surface area contributed by atoms with Crippen molar-refractivity contribution in [3.63, 3.8) is 0 Å². The van der Waals surface area contributed by atoms with Gasteiger partial charge in [-0.05, 0) is 24.9 Å². The van der Waals surface area contributed by atoms with E-state index < -0.39 is 0 Å². The molecule has 0 bridgehead atoms. The topological polar surface area (TPSA) is 67.6 Å². The highest BCUT2D eigenvalue weighted by molar-refractivity contribution is 5.85. The van der Waals surface area contributed by atoms with Crippen molar-refractivity contribution in [1.29, 1.82) is 0 Å². The standard InChI is InChI=1S/C17H27N3O2.2ClH/c18-16(15-6-2-1-3-7-15)14-17(21)19-8-4-5-9-20-10-12-22-13-11-20;;/h1-3,6-7,16H,4-5,8-14,18H2,(H,19,21);2*1H. The molecular weight excluding hydrogens is 349 g/mol. The van der Waals surface area contributed by atoms with Crippen LogP contribution in [0.4, 0.5) is 0 Å². The van der Waals surface area contributed by atoms with Gasteiger partial charge in [-0.25, -0.2) is 0 Å². The summed E-state index contributed by atoms with van der Waals surface area (Å²) in [6.45, 7) is 5.55. The largest absolute Gasteiger partial charge is 0.379 e. The Morgan fingerprint density at radius 2 is 1.83 bits per heavy atom. The third kappa shape index (κ3) is 8.85. The predicted molar refractivity (Wildman–Crippen MR) is 102 cm³/mol. The van der Waals surface area contributed by atoms with Crippen LogP contribution in [0.1, 0.15) is 30.9 Å². The number of hydrogen-bond donors (Lipinski definition) is 2. The third-order valence-corrected chi connectivity index (χ3v) is 3.96. The van der Waals surface area contributed by atoms with Gasteiger partial charge in [0.25, 0.3) is 0 Å². The fourth-order valence-electron chi connectivity index (χ4n) is 2.60. The van der Waals surface area contributed by atoms with Crippen LogP contribution in [0.3, 0.4) is 0 Å². The van der Waals surface area contributed by atoms with Gasteiger partial charge >= 0.3 is 0 Å². The third-order valence-electron chi connectivity index (χ3n) is 3.96. The highest BCUT2D eigenvalue weighted by Crippen LogP contribution is 2.12. The summed E-state index contributed by atoms with van der Waals surface area (Å²) in [6, 6.07) is 9.53. The van der Waals surface area contributed by atoms with Crippen LogP contribution in [0.15, 0.2) is 30.3 Å². The number of benzene rings is 1. The number of amides is 1. The molecule has 1 aromatic rings. The lowest BCUT2D eigenvalue weighted by Gasteiger charge is -2.26. The van der Waals surface area contributed by atoms with E-state index in [1.165, 1.54) is 0 Å². The average Bonchev–Trinajstić information content (AvgIpc) is 2.56. The molecule has 1 saturated heterocycles. The number of nitrogens with two attached hydrogens (primary N) is 1. The Morgan fingerprint density at radius 1 is 1.17 bits per heavy atom. The van der Waals surface area contributed by atoms with Crippen molar-refractivity contribution in [2.75, 3.05) is 39.4 Å². The van der Waals surface area contributed by atoms with Crippen LogP contribution in [0.5, 0.6) is 0 Å². The summed E-state index contributed by atoms with van der Waals surface area (Å²) >= 11 is 0. The molecule has 1 heterocycles. The Hall–Kier alpha value is -0.850. The SMILES string of the molecule is Cl.Cl.NC(CC(=O)NCCCCN1CCOCC1)c1ccccc1. The average molecular weight is 378 g/mol. The first kappa shape index (κ1) is 23.1. The van der Waals surface area contributed by atoms with Crippen molar-refractivity contribution in [3.05, 3.63) is 35.9 Å². The van der Waals surface area contributed by atoms with Gasteiger partial charge < -0.3 is 15.8 Å². The molecular formula is C17H29Cl2N3O2. The number of unbranched alkanes of at least 4 members (excludes halogenated alkanes) is 1. The zero-order valence-electron chi connectivity index (χ0n) is 14.0. The summed E-state index contributed by atoms with van der Waals surface area (Å²) in [5.74, 6) is 0.0303. The van der Waals surface area contributed by atoms with Gasteiger partial charge in [-0.2, -0.15) is 0 Å². The smallest absolute Gasteiger partial charge is 0.221 e. The van der Waals surface area contributed by atoms with Gasteiger partial charge in [-0.3, -0.25) is 9.69 Å². The lowest BCUT2D eigenvalue weighted by Crippen LogP contribution is -2.37. The fourth-order valence-corrected chi connectivity index (χ4v) is 2.60. The first-order chi connectivity index (χ1) is 10.8. The Bertz CT molecular complexity index is 443. The first-order valence-electron chi connectivity index (χ1n) is 8.13. The second-order valence-electron chi connectivity index (χ2n) is 5.73. The van der Waals surface area contributed by atoms with Gasteiger partial charge in [0.15, 0.2) is 0 Å². The number of hydrogen-bond acceptors (Lipinski definition) is 4. The van der Waals surface area contributed by atoms with Gasteiger partial charge in [0.05, 0.1) is 13.2 Å². The minimum atomic E-state index is -0.227. The molecule has 0 saturated carbocycles. The van der Waals surface area contributed by atoms with Gasteiger partial charge in [0, 0.05) is 32.1 Å². The molecule has 1 aromatic carbocycles. The van der Waals surface area contributed by atoms with Gasteiger partial charge in [0.2, 0.25) is 5.91 Å². The number of ether oxygens (including phenoxy) is 1. The van der Waals surface area contributed by atoms with Crippen molar-refractivity contribution in [2.45, 2.75) is 25.3 Å². The molecule has 1 aliphatic rings. The molecule has 0 spiro atoms. The van der Waals surface area contributed by atoms with E-state index in [0.717, 1.165) is 57.8 Å². The summed E-state index contributed by atoms with van der Waals surface area (Å²) in [5, 5.41) is 2.96. The number of nitrogens with one attached hydrogen (secondary N) is 1. The van der Waals surface area contributed by atoms with Crippen LogP contribution in [-0.2, 0) is 9.53 Å². The number of rotatable bonds is 8. The zero-order chi connectivity index (χ0) is 15.6. The van der Waals surface area contributed by atoms with Gasteiger partial charge in [-0.15, -0.1) is 24.8 Å². The van der Waals surface area contributed by atoms with E-state index in [2.05, 4.69) is 10.2 Å². The van der Waals surface area contributed by atoms with E-state index in [1.807, 2.05) is 30.3 Å². The maximum absolute atomic E-state index is 11.9. The molecule has 1 aliphatic heterocycles. The molecule has 0 aromatic heterocycles. The molecule has 2 rings (SSSR count). The van der Waals surface area contributed by atoms with Crippen LogP contribution >= 0.6 is 24.8 Å². The van der Waals surface area contributed by atoms with Crippen LogP contribution in [0.25, 0.3) is 0 Å². The lowest BCUT2D eigenvalue weighted by atomic mass is 10.0. The van der Waals surface area contributed by atoms with Crippen molar-refractivity contribution >= 4 is 30.7 Å². The number of carbonyl (C=O) groups is 1. The molecule has 24 heavy (non-hydrogen) atoms. The predicted octanol–water partition coefficient (Wildman–Crippen LogP) is 2.15. The Morgan fingerprint density at radius 3 is 2.50 bits per heavy atom. The van der Waals surface area contributed by atoms with Crippen LogP contribution in [0, 0.1) is 0 Å². The molecule has 138 valence electrons. The van der Waals surface area contributed by atoms with Crippen LogP contribution in [0.2, 0.25) is 0 Å². The molecule has 5 nitrogen and oxygen atoms in total. The Kier molecular flexibility index (Phi) is 13.0. The van der Waals surface area contributed by atoms with E-state index in [1.54, 1.807) is 0 Å². The highest BCUT2D eigenvalue weighted by atomic mass is 35.5. The van der Waals surface area contributed by atoms with E-state index in [4.69, 9.17) is 10.5 Å². The molecule has 1 unspecified atom stereocenters. The number of halogens is 2. The van der Waals surface area contributed by atoms with Gasteiger partial charge in [0.1, 0.15) is 0 Å². The lowest BCUT2D eigenvalue weighted by molar-refractivity contribution is -0.121. The number of nitrogens with zero attached hydrogens (tertiary/aromatic N) is 1. The van der Waals surface area contributed by atoms with Crippen molar-refractivity contribution in [1.82, 2.24) is 10.2 Å². The highest BCUT2D eigenvalue weighted by Gasteiger charge is 2.11. The molecule has 1 amide bonds. The molecule has 1 fully saturated rings. The van der Waals surface area contributed by atoms with E-state index in [-0.39, 0.29) is 36.8 Å². The summed E-state index contributed by atoms with van der Waals surface area (Å²) in [5.41, 5.74) is 7.05. The van der Waals surface area contributed by atoms with E-state index in [9.17, 15) is 4.79 Å². The van der Waals surface area contributed by atoms with Crippen LogP contribution in [-0.4, -0.2) is 50.2 Å². The summed E-state index contributed by atoms with van der Waals surface area (Å²) < 4.78 is 5.32. The minimum Gasteiger partial charge on any atom is -0.379 e. The molecule has 0 radical (unpaired) electrons. The Balaban J connectivity index is 0.00000264. The summed E-state index contributed by atoms with van der Waals surface area (Å²) in [7, 11) is 0. The monoisotopic (exact) mass is 377 g/mol. The Labute approximate surface area is 157 Å². The molecule has 1 atom stereocenters. The molecule has 3 N–H and O–H groups in total. The normalized spacial score (nSPS) is 15.7. The van der Waals surface area contributed by atoms with E-state index >= 15 is 0 Å². The second kappa shape index (κ2) is 13.4. The van der Waals surface area contributed by atoms with Crippen molar-refractivity contribution in [3.8, 4) is 0 Å². The van der Waals surface area contributed by atoms with Crippen molar-refractivity contribution < 1.29 is 9.53 Å². The fraction of sp³-hybridized carbons (Fsp3) is 0.588. The number of morpholine rings is 1.